The van der Waals surface area contributed by atoms with Crippen molar-refractivity contribution in [2.45, 2.75) is 26.4 Å². The van der Waals surface area contributed by atoms with Crippen LogP contribution in [-0.4, -0.2) is 48.8 Å². The van der Waals surface area contributed by atoms with Crippen LogP contribution >= 0.6 is 0 Å². The summed E-state index contributed by atoms with van der Waals surface area (Å²) in [6.07, 6.45) is 0. The first-order valence-corrected chi connectivity index (χ1v) is 11.4. The van der Waals surface area contributed by atoms with Crippen molar-refractivity contribution in [3.63, 3.8) is 0 Å². The minimum Gasteiger partial charge on any atom is -0.485 e. The third kappa shape index (κ3) is 5.51. The fraction of sp³-hybridized carbons (Fsp3) is 0.250. The average Bonchev–Trinajstić information content (AvgIpc) is 2.86. The van der Waals surface area contributed by atoms with Gasteiger partial charge in [0.05, 0.1) is 5.69 Å². The molecule has 0 N–H and O–H groups in total. The summed E-state index contributed by atoms with van der Waals surface area (Å²) >= 11 is 0. The van der Waals surface area contributed by atoms with Gasteiger partial charge in [0, 0.05) is 19.2 Å². The lowest BCUT2D eigenvalue weighted by Crippen LogP contribution is -2.51. The molecule has 0 aromatic heterocycles. The van der Waals surface area contributed by atoms with Crippen molar-refractivity contribution in [3.05, 3.63) is 89.5 Å². The molecule has 7 heteroatoms. The van der Waals surface area contributed by atoms with E-state index in [0.717, 1.165) is 11.1 Å². The molecule has 0 saturated carbocycles. The lowest BCUT2D eigenvalue weighted by atomic mass is 10.1. The molecule has 0 saturated heterocycles. The van der Waals surface area contributed by atoms with Gasteiger partial charge in [-0.15, -0.1) is 0 Å². The molecule has 180 valence electrons. The lowest BCUT2D eigenvalue weighted by molar-refractivity contribution is -0.134. The number of amides is 2. The Morgan fingerprint density at radius 2 is 1.83 bits per heavy atom. The third-order valence-electron chi connectivity index (χ3n) is 5.90. The van der Waals surface area contributed by atoms with Gasteiger partial charge in [-0.3, -0.25) is 19.3 Å². The number of hydrogen-bond donors (Lipinski definition) is 0. The predicted octanol–water partition coefficient (Wildman–Crippen LogP) is 4.03. The van der Waals surface area contributed by atoms with Gasteiger partial charge < -0.3 is 14.4 Å². The predicted molar refractivity (Wildman–Crippen MR) is 133 cm³/mol. The maximum Gasteiger partial charge on any atom is 0.265 e. The van der Waals surface area contributed by atoms with Gasteiger partial charge in [-0.1, -0.05) is 42.5 Å². The monoisotopic (exact) mass is 472 g/mol. The second kappa shape index (κ2) is 10.4. The van der Waals surface area contributed by atoms with Crippen LogP contribution in [0.2, 0.25) is 0 Å². The molecular weight excluding hydrogens is 444 g/mol. The zero-order chi connectivity index (χ0) is 24.9. The van der Waals surface area contributed by atoms with Gasteiger partial charge in [0.15, 0.2) is 19.0 Å². The number of likely N-dealkylation sites (N-methyl/N-ethyl adjacent to an activating group) is 1. The van der Waals surface area contributed by atoms with Crippen LogP contribution in [0, 0.1) is 6.92 Å². The number of rotatable bonds is 8. The highest BCUT2D eigenvalue weighted by atomic mass is 16.5. The zero-order valence-corrected chi connectivity index (χ0v) is 20.1. The zero-order valence-electron chi connectivity index (χ0n) is 20.1. The Labute approximate surface area is 204 Å². The van der Waals surface area contributed by atoms with E-state index >= 15 is 0 Å². The normalized spacial score (nSPS) is 13.5. The third-order valence-corrected chi connectivity index (χ3v) is 5.90. The fourth-order valence-electron chi connectivity index (χ4n) is 4.07. The Morgan fingerprint density at radius 1 is 1.06 bits per heavy atom. The van der Waals surface area contributed by atoms with Gasteiger partial charge >= 0.3 is 0 Å². The maximum atomic E-state index is 13.2. The summed E-state index contributed by atoms with van der Waals surface area (Å²) in [6.45, 7) is 3.74. The van der Waals surface area contributed by atoms with E-state index in [1.165, 1.54) is 4.90 Å². The minimum absolute atomic E-state index is 0.147. The molecule has 0 fully saturated rings. The maximum absolute atomic E-state index is 13.2. The van der Waals surface area contributed by atoms with Gasteiger partial charge in [0.2, 0.25) is 5.91 Å². The van der Waals surface area contributed by atoms with E-state index in [1.54, 1.807) is 43.1 Å². The van der Waals surface area contributed by atoms with Crippen LogP contribution in [0.4, 0.5) is 5.69 Å². The standard InChI is InChI=1S/C28H28N2O5/c1-19-8-7-11-23(14-19)34-17-25(31)22-12-13-26-24(15-22)30(27(32)18-35-26)20(2)28(33)29(3)16-21-9-5-4-6-10-21/h4-15,20H,16-18H2,1-3H3/t20-/m0/s1. The SMILES string of the molecule is Cc1cccc(OCC(=O)c2ccc3c(c2)N([C@@H](C)C(=O)N(C)Cc2ccccc2)C(=O)CO3)c1. The number of ketones is 1. The Hall–Kier alpha value is -4.13. The molecule has 0 aliphatic carbocycles. The van der Waals surface area contributed by atoms with Crippen LogP contribution in [0.15, 0.2) is 72.8 Å². The van der Waals surface area contributed by atoms with E-state index in [9.17, 15) is 14.4 Å². The van der Waals surface area contributed by atoms with E-state index in [4.69, 9.17) is 9.47 Å². The number of carbonyl (C=O) groups excluding carboxylic acids is 3. The summed E-state index contributed by atoms with van der Waals surface area (Å²) in [6, 6.07) is 21.2. The number of Topliss-reactive ketones (excluding diaryl/α,β-unsaturated/α-hetero) is 1. The second-order valence-corrected chi connectivity index (χ2v) is 8.62. The van der Waals surface area contributed by atoms with Gasteiger partial charge in [-0.25, -0.2) is 0 Å². The van der Waals surface area contributed by atoms with Gasteiger partial charge in [0.25, 0.3) is 5.91 Å². The molecule has 0 bridgehead atoms. The number of benzene rings is 3. The van der Waals surface area contributed by atoms with Crippen molar-refractivity contribution in [3.8, 4) is 11.5 Å². The van der Waals surface area contributed by atoms with Crippen molar-refractivity contribution >= 4 is 23.3 Å². The quantitative estimate of drug-likeness (QED) is 0.463. The molecule has 2 amide bonds. The number of hydrogen-bond acceptors (Lipinski definition) is 5. The summed E-state index contributed by atoms with van der Waals surface area (Å²) in [5, 5.41) is 0. The lowest BCUT2D eigenvalue weighted by Gasteiger charge is -2.35. The summed E-state index contributed by atoms with van der Waals surface area (Å²) in [4.78, 5) is 41.9. The molecule has 35 heavy (non-hydrogen) atoms. The first-order valence-electron chi connectivity index (χ1n) is 11.4. The van der Waals surface area contributed by atoms with Crippen LogP contribution in [-0.2, 0) is 16.1 Å². The number of anilines is 1. The molecule has 1 heterocycles. The molecular formula is C28H28N2O5. The van der Waals surface area contributed by atoms with Crippen molar-refractivity contribution in [2.24, 2.45) is 0 Å². The molecule has 0 unspecified atom stereocenters. The Bertz CT molecular complexity index is 1240. The molecule has 3 aromatic carbocycles. The largest absolute Gasteiger partial charge is 0.485 e. The number of carbonyl (C=O) groups is 3. The number of ether oxygens (including phenoxy) is 2. The minimum atomic E-state index is -0.771. The summed E-state index contributed by atoms with van der Waals surface area (Å²) < 4.78 is 11.2. The van der Waals surface area contributed by atoms with Crippen molar-refractivity contribution in [2.75, 3.05) is 25.2 Å². The Balaban J connectivity index is 1.52. The van der Waals surface area contributed by atoms with E-state index < -0.39 is 6.04 Å². The highest BCUT2D eigenvalue weighted by Gasteiger charge is 2.35. The first-order chi connectivity index (χ1) is 16.8. The topological polar surface area (TPSA) is 76.2 Å². The second-order valence-electron chi connectivity index (χ2n) is 8.62. The summed E-state index contributed by atoms with van der Waals surface area (Å²) in [7, 11) is 1.71. The van der Waals surface area contributed by atoms with Crippen LogP contribution in [0.1, 0.15) is 28.4 Å². The molecule has 0 radical (unpaired) electrons. The summed E-state index contributed by atoms with van der Waals surface area (Å²) in [5.41, 5.74) is 2.80. The molecule has 1 aliphatic rings. The van der Waals surface area contributed by atoms with Crippen LogP contribution < -0.4 is 14.4 Å². The summed E-state index contributed by atoms with van der Waals surface area (Å²) in [5.74, 6) is 0.261. The van der Waals surface area contributed by atoms with Crippen LogP contribution in [0.5, 0.6) is 11.5 Å². The first kappa shape index (κ1) is 24.0. The molecule has 1 atom stereocenters. The highest BCUT2D eigenvalue weighted by Crippen LogP contribution is 2.35. The fourth-order valence-corrected chi connectivity index (χ4v) is 4.07. The van der Waals surface area contributed by atoms with Crippen molar-refractivity contribution in [1.82, 2.24) is 4.90 Å². The van der Waals surface area contributed by atoms with Gasteiger partial charge in [-0.05, 0) is 55.3 Å². The van der Waals surface area contributed by atoms with E-state index in [2.05, 4.69) is 0 Å². The Kier molecular flexibility index (Phi) is 7.15. The average molecular weight is 473 g/mol. The molecule has 3 aromatic rings. The van der Waals surface area contributed by atoms with Gasteiger partial charge in [-0.2, -0.15) is 0 Å². The molecule has 4 rings (SSSR count). The van der Waals surface area contributed by atoms with E-state index in [1.807, 2.05) is 55.5 Å². The van der Waals surface area contributed by atoms with Crippen molar-refractivity contribution in [1.29, 1.82) is 0 Å². The molecule has 7 nitrogen and oxygen atoms in total. The van der Waals surface area contributed by atoms with Crippen LogP contribution in [0.25, 0.3) is 0 Å². The highest BCUT2D eigenvalue weighted by molar-refractivity contribution is 6.05. The smallest absolute Gasteiger partial charge is 0.265 e. The Morgan fingerprint density at radius 3 is 2.57 bits per heavy atom. The van der Waals surface area contributed by atoms with Gasteiger partial charge in [0.1, 0.15) is 17.5 Å². The van der Waals surface area contributed by atoms with E-state index in [-0.39, 0.29) is 30.8 Å². The number of fused-ring (bicyclic) bond motifs is 1. The molecule has 0 spiro atoms. The van der Waals surface area contributed by atoms with E-state index in [0.29, 0.717) is 29.3 Å². The van der Waals surface area contributed by atoms with Crippen molar-refractivity contribution < 1.29 is 23.9 Å². The molecule has 1 aliphatic heterocycles. The number of aryl methyl sites for hydroxylation is 1. The van der Waals surface area contributed by atoms with Crippen LogP contribution in [0.3, 0.4) is 0 Å². The number of nitrogens with zero attached hydrogens (tertiary/aromatic N) is 2.